The summed E-state index contributed by atoms with van der Waals surface area (Å²) in [5.74, 6) is 3.76. The summed E-state index contributed by atoms with van der Waals surface area (Å²) >= 11 is 0. The second-order valence-corrected chi connectivity index (χ2v) is 5.80. The van der Waals surface area contributed by atoms with Gasteiger partial charge in [0, 0.05) is 19.2 Å². The molecule has 0 aromatic carbocycles. The largest absolute Gasteiger partial charge is 0.481 e. The molecule has 18 heavy (non-hydrogen) atoms. The zero-order valence-corrected chi connectivity index (χ0v) is 11.4. The van der Waals surface area contributed by atoms with E-state index in [9.17, 15) is 0 Å². The van der Waals surface area contributed by atoms with Crippen LogP contribution in [-0.4, -0.2) is 22.9 Å². The van der Waals surface area contributed by atoms with Crippen LogP contribution in [0.3, 0.4) is 0 Å². The van der Waals surface area contributed by atoms with Crippen LogP contribution in [-0.2, 0) is 7.05 Å². The fraction of sp³-hybridized carbons (Fsp3) is 0.786. The summed E-state index contributed by atoms with van der Waals surface area (Å²) in [4.78, 5) is 0. The monoisotopic (exact) mass is 249 g/mol. The second-order valence-electron chi connectivity index (χ2n) is 5.80. The molecule has 2 saturated carbocycles. The molecule has 0 saturated heterocycles. The van der Waals surface area contributed by atoms with Gasteiger partial charge in [-0.1, -0.05) is 12.8 Å². The van der Waals surface area contributed by atoms with Gasteiger partial charge in [0.25, 0.3) is 0 Å². The molecule has 0 aliphatic heterocycles. The zero-order valence-electron chi connectivity index (χ0n) is 11.4. The van der Waals surface area contributed by atoms with Crippen molar-refractivity contribution in [3.8, 4) is 5.88 Å². The number of nitrogens with zero attached hydrogens (tertiary/aromatic N) is 2. The van der Waals surface area contributed by atoms with E-state index in [1.165, 1.54) is 38.5 Å². The molecule has 0 radical (unpaired) electrons. The van der Waals surface area contributed by atoms with Gasteiger partial charge >= 0.3 is 0 Å². The number of rotatable bonds is 4. The molecular formula is C14H23N3O. The van der Waals surface area contributed by atoms with Gasteiger partial charge in [0.05, 0.1) is 7.11 Å². The third-order valence-electron chi connectivity index (χ3n) is 4.40. The molecule has 1 aromatic rings. The summed E-state index contributed by atoms with van der Waals surface area (Å²) in [5, 5.41) is 8.02. The minimum atomic E-state index is 0.601. The Morgan fingerprint density at radius 3 is 2.78 bits per heavy atom. The third kappa shape index (κ3) is 2.47. The maximum Gasteiger partial charge on any atom is 0.213 e. The van der Waals surface area contributed by atoms with Crippen molar-refractivity contribution in [3.05, 3.63) is 6.07 Å². The van der Waals surface area contributed by atoms with Crippen LogP contribution >= 0.6 is 0 Å². The summed E-state index contributed by atoms with van der Waals surface area (Å²) < 4.78 is 7.03. The van der Waals surface area contributed by atoms with Gasteiger partial charge in [-0.3, -0.25) is 0 Å². The molecule has 2 fully saturated rings. The van der Waals surface area contributed by atoms with Gasteiger partial charge < -0.3 is 10.1 Å². The lowest BCUT2D eigenvalue weighted by molar-refractivity contribution is 0.302. The average molecular weight is 249 g/mol. The van der Waals surface area contributed by atoms with Gasteiger partial charge in [-0.2, -0.15) is 5.10 Å². The van der Waals surface area contributed by atoms with Crippen LogP contribution in [0.5, 0.6) is 5.88 Å². The Morgan fingerprint density at radius 1 is 1.28 bits per heavy atom. The SMILES string of the molecule is COc1cc(NC2CCCC(C3CC3)C2)nn1C. The summed E-state index contributed by atoms with van der Waals surface area (Å²) in [6.45, 7) is 0. The fourth-order valence-electron chi connectivity index (χ4n) is 3.28. The number of aromatic nitrogens is 2. The van der Waals surface area contributed by atoms with Gasteiger partial charge in [0.1, 0.15) is 0 Å². The van der Waals surface area contributed by atoms with Crippen molar-refractivity contribution < 1.29 is 4.74 Å². The number of hydrogen-bond donors (Lipinski definition) is 1. The molecule has 0 amide bonds. The number of methoxy groups -OCH3 is 1. The lowest BCUT2D eigenvalue weighted by Crippen LogP contribution is -2.28. The first-order chi connectivity index (χ1) is 8.76. The van der Waals surface area contributed by atoms with Gasteiger partial charge in [-0.15, -0.1) is 0 Å². The van der Waals surface area contributed by atoms with Crippen LogP contribution in [0.4, 0.5) is 5.82 Å². The smallest absolute Gasteiger partial charge is 0.213 e. The summed E-state index contributed by atoms with van der Waals surface area (Å²) in [5.41, 5.74) is 0. The molecule has 0 bridgehead atoms. The molecule has 4 nitrogen and oxygen atoms in total. The normalized spacial score (nSPS) is 28.1. The highest BCUT2D eigenvalue weighted by Crippen LogP contribution is 2.44. The minimum Gasteiger partial charge on any atom is -0.481 e. The first-order valence-corrected chi connectivity index (χ1v) is 7.11. The molecule has 2 unspecified atom stereocenters. The summed E-state index contributed by atoms with van der Waals surface area (Å²) in [6.07, 6.45) is 8.34. The van der Waals surface area contributed by atoms with Crippen LogP contribution in [0.2, 0.25) is 0 Å². The van der Waals surface area contributed by atoms with Crippen LogP contribution in [0, 0.1) is 11.8 Å². The van der Waals surface area contributed by atoms with Crippen molar-refractivity contribution in [1.82, 2.24) is 9.78 Å². The molecule has 3 rings (SSSR count). The van der Waals surface area contributed by atoms with E-state index in [2.05, 4.69) is 10.4 Å². The van der Waals surface area contributed by atoms with Crippen molar-refractivity contribution >= 4 is 5.82 Å². The molecule has 4 heteroatoms. The van der Waals surface area contributed by atoms with Crippen LogP contribution < -0.4 is 10.1 Å². The maximum atomic E-state index is 5.24. The van der Waals surface area contributed by atoms with E-state index >= 15 is 0 Å². The van der Waals surface area contributed by atoms with Crippen molar-refractivity contribution in [2.75, 3.05) is 12.4 Å². The lowest BCUT2D eigenvalue weighted by Gasteiger charge is -2.29. The number of hydrogen-bond acceptors (Lipinski definition) is 3. The quantitative estimate of drug-likeness (QED) is 0.892. The van der Waals surface area contributed by atoms with Crippen molar-refractivity contribution in [2.24, 2.45) is 18.9 Å². The Morgan fingerprint density at radius 2 is 2.11 bits per heavy atom. The number of aryl methyl sites for hydroxylation is 1. The van der Waals surface area contributed by atoms with E-state index in [1.807, 2.05) is 13.1 Å². The van der Waals surface area contributed by atoms with E-state index in [-0.39, 0.29) is 0 Å². The molecule has 1 N–H and O–H groups in total. The molecule has 2 aliphatic carbocycles. The Hall–Kier alpha value is -1.19. The van der Waals surface area contributed by atoms with Gasteiger partial charge in [-0.05, 0) is 37.5 Å². The fourth-order valence-corrected chi connectivity index (χ4v) is 3.28. The Labute approximate surface area is 109 Å². The van der Waals surface area contributed by atoms with E-state index < -0.39 is 0 Å². The van der Waals surface area contributed by atoms with E-state index in [0.717, 1.165) is 23.5 Å². The highest BCUT2D eigenvalue weighted by Gasteiger charge is 2.34. The molecular weight excluding hydrogens is 226 g/mol. The van der Waals surface area contributed by atoms with Crippen molar-refractivity contribution in [1.29, 1.82) is 0 Å². The molecule has 2 atom stereocenters. The number of nitrogens with one attached hydrogen (secondary N) is 1. The summed E-state index contributed by atoms with van der Waals surface area (Å²) in [7, 11) is 3.60. The number of ether oxygens (including phenoxy) is 1. The predicted molar refractivity (Wildman–Crippen MR) is 71.9 cm³/mol. The van der Waals surface area contributed by atoms with Crippen LogP contribution in [0.15, 0.2) is 6.07 Å². The van der Waals surface area contributed by atoms with Gasteiger partial charge in [-0.25, -0.2) is 4.68 Å². The Kier molecular flexibility index (Phi) is 3.18. The number of anilines is 1. The zero-order chi connectivity index (χ0) is 12.5. The summed E-state index contributed by atoms with van der Waals surface area (Å²) in [6, 6.07) is 2.59. The van der Waals surface area contributed by atoms with Crippen LogP contribution in [0.1, 0.15) is 38.5 Å². The Balaban J connectivity index is 1.60. The Bertz CT molecular complexity index is 411. The average Bonchev–Trinajstić information content (AvgIpc) is 3.15. The molecule has 1 heterocycles. The standard InChI is InChI=1S/C14H23N3O/c1-17-14(18-2)9-13(16-17)15-12-5-3-4-11(8-12)10-6-7-10/h9-12H,3-8H2,1-2H3,(H,15,16). The first kappa shape index (κ1) is 11.9. The molecule has 2 aliphatic rings. The molecule has 0 spiro atoms. The highest BCUT2D eigenvalue weighted by molar-refractivity contribution is 5.39. The van der Waals surface area contributed by atoms with Crippen LogP contribution in [0.25, 0.3) is 0 Å². The first-order valence-electron chi connectivity index (χ1n) is 7.11. The molecule has 100 valence electrons. The van der Waals surface area contributed by atoms with Crippen molar-refractivity contribution in [3.63, 3.8) is 0 Å². The van der Waals surface area contributed by atoms with E-state index in [1.54, 1.807) is 11.8 Å². The molecule has 1 aromatic heterocycles. The second kappa shape index (κ2) is 4.82. The predicted octanol–water partition coefficient (Wildman–Crippen LogP) is 2.81. The maximum absolute atomic E-state index is 5.24. The van der Waals surface area contributed by atoms with E-state index in [0.29, 0.717) is 6.04 Å². The topological polar surface area (TPSA) is 39.1 Å². The van der Waals surface area contributed by atoms with E-state index in [4.69, 9.17) is 4.74 Å². The van der Waals surface area contributed by atoms with Gasteiger partial charge in [0.15, 0.2) is 5.82 Å². The lowest BCUT2D eigenvalue weighted by atomic mass is 9.83. The van der Waals surface area contributed by atoms with Crippen molar-refractivity contribution in [2.45, 2.75) is 44.6 Å². The van der Waals surface area contributed by atoms with Gasteiger partial charge in [0.2, 0.25) is 5.88 Å². The third-order valence-corrected chi connectivity index (χ3v) is 4.40. The minimum absolute atomic E-state index is 0.601. The highest BCUT2D eigenvalue weighted by atomic mass is 16.5.